The third kappa shape index (κ3) is 4.27. The van der Waals surface area contributed by atoms with E-state index in [0.717, 1.165) is 10.2 Å². The molecule has 7 nitrogen and oxygen atoms in total. The maximum absolute atomic E-state index is 12.4. The first kappa shape index (κ1) is 18.1. The van der Waals surface area contributed by atoms with E-state index >= 15 is 0 Å². The number of amides is 2. The van der Waals surface area contributed by atoms with Crippen molar-refractivity contribution in [1.29, 1.82) is 0 Å². The van der Waals surface area contributed by atoms with Crippen molar-refractivity contribution in [2.45, 2.75) is 6.92 Å². The van der Waals surface area contributed by atoms with Gasteiger partial charge in [0.1, 0.15) is 5.69 Å². The van der Waals surface area contributed by atoms with Crippen LogP contribution in [0.2, 0.25) is 0 Å². The van der Waals surface area contributed by atoms with Crippen LogP contribution in [0.15, 0.2) is 65.5 Å². The Hall–Kier alpha value is -3.74. The third-order valence-electron chi connectivity index (χ3n) is 3.97. The summed E-state index contributed by atoms with van der Waals surface area (Å²) in [6, 6.07) is 16.8. The fourth-order valence-corrected chi connectivity index (χ4v) is 2.43. The van der Waals surface area contributed by atoms with Crippen molar-refractivity contribution in [1.82, 2.24) is 9.78 Å². The number of rotatable bonds is 4. The second-order valence-corrected chi connectivity index (χ2v) is 5.98. The predicted molar refractivity (Wildman–Crippen MR) is 103 cm³/mol. The van der Waals surface area contributed by atoms with Crippen LogP contribution in [-0.4, -0.2) is 21.6 Å². The number of nitrogens with zero attached hydrogens (tertiary/aromatic N) is 2. The van der Waals surface area contributed by atoms with Gasteiger partial charge < -0.3 is 10.6 Å². The molecule has 0 unspecified atom stereocenters. The van der Waals surface area contributed by atoms with E-state index in [2.05, 4.69) is 15.7 Å². The van der Waals surface area contributed by atoms with Crippen LogP contribution in [0.3, 0.4) is 0 Å². The number of nitrogens with one attached hydrogen (secondary N) is 2. The summed E-state index contributed by atoms with van der Waals surface area (Å²) in [7, 11) is 1.47. The number of benzene rings is 2. The number of carbonyl (C=O) groups is 2. The smallest absolute Gasteiger partial charge is 0.276 e. The minimum Gasteiger partial charge on any atom is -0.322 e. The summed E-state index contributed by atoms with van der Waals surface area (Å²) in [4.78, 5) is 36.3. The average Bonchev–Trinajstić information content (AvgIpc) is 2.66. The zero-order valence-corrected chi connectivity index (χ0v) is 14.9. The van der Waals surface area contributed by atoms with Crippen molar-refractivity contribution in [2.75, 3.05) is 10.6 Å². The highest BCUT2D eigenvalue weighted by atomic mass is 16.2. The number of aromatic nitrogens is 2. The van der Waals surface area contributed by atoms with Crippen molar-refractivity contribution in [3.63, 3.8) is 0 Å². The topological polar surface area (TPSA) is 93.1 Å². The molecular formula is C20H18N4O3. The first-order valence-corrected chi connectivity index (χ1v) is 8.27. The summed E-state index contributed by atoms with van der Waals surface area (Å²) in [5.41, 5.74) is 2.19. The molecule has 0 fully saturated rings. The molecule has 0 saturated carbocycles. The van der Waals surface area contributed by atoms with E-state index in [1.54, 1.807) is 30.3 Å². The lowest BCUT2D eigenvalue weighted by Gasteiger charge is -2.11. The Morgan fingerprint density at radius 2 is 1.67 bits per heavy atom. The van der Waals surface area contributed by atoms with Crippen LogP contribution in [-0.2, 0) is 7.05 Å². The summed E-state index contributed by atoms with van der Waals surface area (Å²) in [5, 5.41) is 9.46. The monoisotopic (exact) mass is 362 g/mol. The van der Waals surface area contributed by atoms with Crippen molar-refractivity contribution in [3.8, 4) is 0 Å². The number of anilines is 2. The molecule has 2 aromatic carbocycles. The molecular weight excluding hydrogens is 344 g/mol. The first-order valence-electron chi connectivity index (χ1n) is 8.27. The van der Waals surface area contributed by atoms with E-state index in [0.29, 0.717) is 16.9 Å². The molecule has 1 aromatic heterocycles. The molecule has 3 rings (SSSR count). The second kappa shape index (κ2) is 7.65. The number of carbonyl (C=O) groups excluding carboxylic acids is 2. The van der Waals surface area contributed by atoms with Crippen molar-refractivity contribution >= 4 is 23.2 Å². The molecule has 2 N–H and O–H groups in total. The van der Waals surface area contributed by atoms with Crippen LogP contribution in [0.1, 0.15) is 26.4 Å². The highest BCUT2D eigenvalue weighted by Gasteiger charge is 2.13. The van der Waals surface area contributed by atoms with Gasteiger partial charge in [0, 0.05) is 30.1 Å². The molecule has 3 aromatic rings. The van der Waals surface area contributed by atoms with Gasteiger partial charge in [-0.2, -0.15) is 5.10 Å². The molecule has 27 heavy (non-hydrogen) atoms. The molecule has 2 amide bonds. The van der Waals surface area contributed by atoms with Crippen molar-refractivity contribution < 1.29 is 9.59 Å². The van der Waals surface area contributed by atoms with Crippen molar-refractivity contribution in [3.05, 3.63) is 87.8 Å². The van der Waals surface area contributed by atoms with Gasteiger partial charge in [0.25, 0.3) is 17.4 Å². The molecule has 1 heterocycles. The quantitative estimate of drug-likeness (QED) is 0.746. The summed E-state index contributed by atoms with van der Waals surface area (Å²) in [5.74, 6) is -0.744. The Balaban J connectivity index is 1.80. The minimum absolute atomic E-state index is 0.107. The van der Waals surface area contributed by atoms with Crippen LogP contribution in [0, 0.1) is 6.92 Å². The fraction of sp³-hybridized carbons (Fsp3) is 0.100. The van der Waals surface area contributed by atoms with E-state index in [1.807, 2.05) is 25.1 Å². The second-order valence-electron chi connectivity index (χ2n) is 5.98. The maximum atomic E-state index is 12.4. The van der Waals surface area contributed by atoms with Crippen molar-refractivity contribution in [2.24, 2.45) is 7.05 Å². The first-order chi connectivity index (χ1) is 12.9. The number of hydrogen-bond acceptors (Lipinski definition) is 4. The largest absolute Gasteiger partial charge is 0.322 e. The fourth-order valence-electron chi connectivity index (χ4n) is 2.43. The Labute approximate surface area is 155 Å². The van der Waals surface area contributed by atoms with Crippen LogP contribution in [0.5, 0.6) is 0 Å². The van der Waals surface area contributed by atoms with Crippen LogP contribution in [0.25, 0.3) is 0 Å². The maximum Gasteiger partial charge on any atom is 0.276 e. The van der Waals surface area contributed by atoms with E-state index in [1.165, 1.54) is 19.2 Å². The van der Waals surface area contributed by atoms with Gasteiger partial charge in [-0.1, -0.05) is 24.3 Å². The number of para-hydroxylation sites is 1. The molecule has 0 saturated heterocycles. The molecule has 0 radical (unpaired) electrons. The van der Waals surface area contributed by atoms with Gasteiger partial charge >= 0.3 is 0 Å². The molecule has 0 aliphatic heterocycles. The molecule has 0 spiro atoms. The third-order valence-corrected chi connectivity index (χ3v) is 3.97. The van der Waals surface area contributed by atoms with Gasteiger partial charge in [-0.25, -0.2) is 4.68 Å². The van der Waals surface area contributed by atoms with Gasteiger partial charge in [-0.3, -0.25) is 14.4 Å². The van der Waals surface area contributed by atoms with Gasteiger partial charge in [0.05, 0.1) is 0 Å². The normalized spacial score (nSPS) is 10.3. The molecule has 136 valence electrons. The standard InChI is InChI=1S/C20H18N4O3/c1-13-8-9-14(19(26)21-15-6-4-3-5-7-15)12-17(13)22-20(27)16-10-11-18(25)24(2)23-16/h3-12H,1-2H3,(H,21,26)(H,22,27). The summed E-state index contributed by atoms with van der Waals surface area (Å²) in [6.45, 7) is 1.82. The predicted octanol–water partition coefficient (Wildman–Crippen LogP) is 2.59. The highest BCUT2D eigenvalue weighted by Crippen LogP contribution is 2.19. The minimum atomic E-state index is -0.464. The molecule has 0 aliphatic rings. The van der Waals surface area contributed by atoms with Gasteiger partial charge in [-0.05, 0) is 42.8 Å². The molecule has 0 aliphatic carbocycles. The Morgan fingerprint density at radius 1 is 0.926 bits per heavy atom. The van der Waals surface area contributed by atoms with E-state index in [4.69, 9.17) is 0 Å². The molecule has 0 atom stereocenters. The summed E-state index contributed by atoms with van der Waals surface area (Å²) in [6.07, 6.45) is 0. The van der Waals surface area contributed by atoms with E-state index in [-0.39, 0.29) is 17.2 Å². The van der Waals surface area contributed by atoms with E-state index < -0.39 is 5.91 Å². The number of hydrogen-bond donors (Lipinski definition) is 2. The molecule has 0 bridgehead atoms. The molecule has 7 heteroatoms. The zero-order valence-electron chi connectivity index (χ0n) is 14.9. The summed E-state index contributed by atoms with van der Waals surface area (Å²) < 4.78 is 1.09. The summed E-state index contributed by atoms with van der Waals surface area (Å²) >= 11 is 0. The van der Waals surface area contributed by atoms with Gasteiger partial charge in [0.15, 0.2) is 0 Å². The number of aryl methyl sites for hydroxylation is 2. The van der Waals surface area contributed by atoms with Crippen LogP contribution < -0.4 is 16.2 Å². The Bertz CT molecular complexity index is 1060. The van der Waals surface area contributed by atoms with Crippen LogP contribution in [0.4, 0.5) is 11.4 Å². The highest BCUT2D eigenvalue weighted by molar-refractivity contribution is 6.07. The lowest BCUT2D eigenvalue weighted by Crippen LogP contribution is -2.24. The zero-order chi connectivity index (χ0) is 19.4. The van der Waals surface area contributed by atoms with E-state index in [9.17, 15) is 14.4 Å². The van der Waals surface area contributed by atoms with Crippen LogP contribution >= 0.6 is 0 Å². The van der Waals surface area contributed by atoms with Gasteiger partial charge in [-0.15, -0.1) is 0 Å². The average molecular weight is 362 g/mol. The Kier molecular flexibility index (Phi) is 5.12. The SMILES string of the molecule is Cc1ccc(C(=O)Nc2ccccc2)cc1NC(=O)c1ccc(=O)n(C)n1. The van der Waals surface area contributed by atoms with Gasteiger partial charge in [0.2, 0.25) is 0 Å². The lowest BCUT2D eigenvalue weighted by atomic mass is 10.1. The Morgan fingerprint density at radius 3 is 2.37 bits per heavy atom. The lowest BCUT2D eigenvalue weighted by molar-refractivity contribution is 0.101.